The van der Waals surface area contributed by atoms with Crippen LogP contribution in [0.4, 0.5) is 0 Å². The minimum atomic E-state index is -1.54. The molecular formula is C12H16ClNO4S. The van der Waals surface area contributed by atoms with Gasteiger partial charge in [-0.05, 0) is 43.6 Å². The van der Waals surface area contributed by atoms with Crippen molar-refractivity contribution in [3.05, 3.63) is 23.8 Å². The molecule has 0 aliphatic rings. The molecule has 7 heteroatoms. The van der Waals surface area contributed by atoms with Gasteiger partial charge in [-0.25, -0.2) is 8.93 Å². The minimum Gasteiger partial charge on any atom is -0.495 e. The predicted octanol–water partition coefficient (Wildman–Crippen LogP) is 2.07. The monoisotopic (exact) mass is 305 g/mol. The fourth-order valence-electron chi connectivity index (χ4n) is 1.26. The van der Waals surface area contributed by atoms with Crippen molar-refractivity contribution < 1.29 is 18.5 Å². The highest BCUT2D eigenvalue weighted by molar-refractivity contribution is 7.83. The normalized spacial score (nSPS) is 13.1. The van der Waals surface area contributed by atoms with E-state index in [-0.39, 0.29) is 5.56 Å². The highest BCUT2D eigenvalue weighted by Crippen LogP contribution is 2.24. The number of carbonyl (C=O) groups excluding carboxylic acids is 1. The Morgan fingerprint density at radius 1 is 1.37 bits per heavy atom. The van der Waals surface area contributed by atoms with Crippen LogP contribution in [0, 0.1) is 0 Å². The maximum atomic E-state index is 12.2. The minimum absolute atomic E-state index is 0.283. The SMILES string of the molecule is COc1cc(C(=O)Cl)ccc1S(=O)NC(C)(C)OC. The Labute approximate surface area is 119 Å². The van der Waals surface area contributed by atoms with Crippen molar-refractivity contribution in [2.24, 2.45) is 0 Å². The summed E-state index contributed by atoms with van der Waals surface area (Å²) in [6.07, 6.45) is 0. The van der Waals surface area contributed by atoms with E-state index in [0.717, 1.165) is 0 Å². The Hall–Kier alpha value is -0.950. The van der Waals surface area contributed by atoms with E-state index in [1.54, 1.807) is 13.8 Å². The Kier molecular flexibility index (Phi) is 5.49. The lowest BCUT2D eigenvalue weighted by molar-refractivity contribution is 0.0143. The first-order valence-corrected chi connectivity index (χ1v) is 6.96. The van der Waals surface area contributed by atoms with E-state index in [1.165, 1.54) is 32.4 Å². The van der Waals surface area contributed by atoms with Crippen molar-refractivity contribution in [1.82, 2.24) is 4.72 Å². The smallest absolute Gasteiger partial charge is 0.252 e. The molecule has 0 bridgehead atoms. The summed E-state index contributed by atoms with van der Waals surface area (Å²) >= 11 is 5.39. The van der Waals surface area contributed by atoms with E-state index in [4.69, 9.17) is 21.1 Å². The summed E-state index contributed by atoms with van der Waals surface area (Å²) in [4.78, 5) is 11.5. The van der Waals surface area contributed by atoms with Gasteiger partial charge >= 0.3 is 0 Å². The summed E-state index contributed by atoms with van der Waals surface area (Å²) in [5.74, 6) is 0.323. The molecule has 0 radical (unpaired) electrons. The average molecular weight is 306 g/mol. The largest absolute Gasteiger partial charge is 0.495 e. The third kappa shape index (κ3) is 4.28. The Morgan fingerprint density at radius 2 is 2.00 bits per heavy atom. The zero-order chi connectivity index (χ0) is 14.6. The second-order valence-electron chi connectivity index (χ2n) is 4.22. The summed E-state index contributed by atoms with van der Waals surface area (Å²) in [6, 6.07) is 4.47. The number of hydrogen-bond donors (Lipinski definition) is 1. The van der Waals surface area contributed by atoms with Crippen molar-refractivity contribution >= 4 is 27.8 Å². The van der Waals surface area contributed by atoms with Crippen LogP contribution in [-0.4, -0.2) is 29.4 Å². The Bertz CT molecular complexity index is 505. The molecule has 5 nitrogen and oxygen atoms in total. The van der Waals surface area contributed by atoms with Gasteiger partial charge in [0.1, 0.15) is 22.5 Å². The number of ether oxygens (including phenoxy) is 2. The van der Waals surface area contributed by atoms with E-state index < -0.39 is 22.0 Å². The molecule has 1 aromatic carbocycles. The molecular weight excluding hydrogens is 290 g/mol. The van der Waals surface area contributed by atoms with Gasteiger partial charge in [-0.2, -0.15) is 0 Å². The van der Waals surface area contributed by atoms with Gasteiger partial charge in [0, 0.05) is 12.7 Å². The van der Waals surface area contributed by atoms with Crippen LogP contribution in [-0.2, 0) is 15.7 Å². The second-order valence-corrected chi connectivity index (χ2v) is 5.75. The first-order chi connectivity index (χ1) is 8.80. The number of hydrogen-bond acceptors (Lipinski definition) is 4. The highest BCUT2D eigenvalue weighted by atomic mass is 35.5. The second kappa shape index (κ2) is 6.47. The van der Waals surface area contributed by atoms with E-state index >= 15 is 0 Å². The molecule has 0 saturated heterocycles. The zero-order valence-corrected chi connectivity index (χ0v) is 12.7. The molecule has 1 aromatic rings. The van der Waals surface area contributed by atoms with Gasteiger partial charge < -0.3 is 9.47 Å². The maximum Gasteiger partial charge on any atom is 0.252 e. The average Bonchev–Trinajstić information content (AvgIpc) is 2.37. The summed E-state index contributed by atoms with van der Waals surface area (Å²) in [5, 5.41) is -0.596. The molecule has 1 atom stereocenters. The predicted molar refractivity (Wildman–Crippen MR) is 73.8 cm³/mol. The first-order valence-electron chi connectivity index (χ1n) is 5.43. The molecule has 1 rings (SSSR count). The molecule has 0 aliphatic heterocycles. The third-order valence-electron chi connectivity index (χ3n) is 2.44. The summed E-state index contributed by atoms with van der Waals surface area (Å²) in [7, 11) is 1.40. The first kappa shape index (κ1) is 16.1. The van der Waals surface area contributed by atoms with Crippen LogP contribution in [0.15, 0.2) is 23.1 Å². The molecule has 1 unspecified atom stereocenters. The van der Waals surface area contributed by atoms with Crippen molar-refractivity contribution in [3.63, 3.8) is 0 Å². The van der Waals surface area contributed by atoms with E-state index in [0.29, 0.717) is 10.6 Å². The van der Waals surface area contributed by atoms with Crippen LogP contribution in [0.1, 0.15) is 24.2 Å². The van der Waals surface area contributed by atoms with Crippen LogP contribution in [0.2, 0.25) is 0 Å². The summed E-state index contributed by atoms with van der Waals surface area (Å²) < 4.78 is 25.3. The van der Waals surface area contributed by atoms with Crippen molar-refractivity contribution in [3.8, 4) is 5.75 Å². The number of carbonyl (C=O) groups is 1. The quantitative estimate of drug-likeness (QED) is 0.645. The van der Waals surface area contributed by atoms with Crippen LogP contribution >= 0.6 is 11.6 Å². The van der Waals surface area contributed by atoms with Crippen molar-refractivity contribution in [2.45, 2.75) is 24.5 Å². The highest BCUT2D eigenvalue weighted by Gasteiger charge is 2.22. The number of benzene rings is 1. The zero-order valence-electron chi connectivity index (χ0n) is 11.2. The molecule has 0 aliphatic carbocycles. The molecule has 0 aromatic heterocycles. The van der Waals surface area contributed by atoms with Gasteiger partial charge in [0.15, 0.2) is 0 Å². The molecule has 0 saturated carbocycles. The van der Waals surface area contributed by atoms with Crippen LogP contribution in [0.5, 0.6) is 5.75 Å². The number of nitrogens with one attached hydrogen (secondary N) is 1. The van der Waals surface area contributed by atoms with E-state index in [2.05, 4.69) is 4.72 Å². The van der Waals surface area contributed by atoms with Gasteiger partial charge in [-0.1, -0.05) is 0 Å². The van der Waals surface area contributed by atoms with Gasteiger partial charge in [0.25, 0.3) is 5.24 Å². The topological polar surface area (TPSA) is 64.6 Å². The van der Waals surface area contributed by atoms with Crippen LogP contribution < -0.4 is 9.46 Å². The van der Waals surface area contributed by atoms with Crippen LogP contribution in [0.3, 0.4) is 0 Å². The number of rotatable bonds is 6. The summed E-state index contributed by atoms with van der Waals surface area (Å²) in [5.41, 5.74) is -0.470. The molecule has 106 valence electrons. The molecule has 0 spiro atoms. The lowest BCUT2D eigenvalue weighted by atomic mass is 10.2. The molecule has 0 heterocycles. The van der Waals surface area contributed by atoms with Gasteiger partial charge in [-0.15, -0.1) is 0 Å². The van der Waals surface area contributed by atoms with Crippen LogP contribution in [0.25, 0.3) is 0 Å². The molecule has 19 heavy (non-hydrogen) atoms. The lowest BCUT2D eigenvalue weighted by Gasteiger charge is -2.24. The standard InChI is InChI=1S/C12H16ClNO4S/c1-12(2,18-4)14-19(16)10-6-5-8(11(13)15)7-9(10)17-3/h5-7,14H,1-4H3. The molecule has 1 N–H and O–H groups in total. The third-order valence-corrected chi connectivity index (χ3v) is 4.07. The van der Waals surface area contributed by atoms with E-state index in [9.17, 15) is 9.00 Å². The number of halogens is 1. The molecule has 0 fully saturated rings. The van der Waals surface area contributed by atoms with Gasteiger partial charge in [0.05, 0.1) is 12.0 Å². The lowest BCUT2D eigenvalue weighted by Crippen LogP contribution is -2.42. The fourth-order valence-corrected chi connectivity index (χ4v) is 2.54. The van der Waals surface area contributed by atoms with Gasteiger partial charge in [0.2, 0.25) is 0 Å². The van der Waals surface area contributed by atoms with Crippen molar-refractivity contribution in [1.29, 1.82) is 0 Å². The Morgan fingerprint density at radius 3 is 2.47 bits per heavy atom. The molecule has 0 amide bonds. The summed E-state index contributed by atoms with van der Waals surface area (Å²) in [6.45, 7) is 3.49. The Balaban J connectivity index is 3.07. The fraction of sp³-hybridized carbons (Fsp3) is 0.417. The maximum absolute atomic E-state index is 12.2. The van der Waals surface area contributed by atoms with E-state index in [1.807, 2.05) is 0 Å². The van der Waals surface area contributed by atoms with Crippen molar-refractivity contribution in [2.75, 3.05) is 14.2 Å². The van der Waals surface area contributed by atoms with Gasteiger partial charge in [-0.3, -0.25) is 4.79 Å². The number of methoxy groups -OCH3 is 2.